The van der Waals surface area contributed by atoms with Crippen molar-refractivity contribution < 1.29 is 14.9 Å². The summed E-state index contributed by atoms with van der Waals surface area (Å²) in [6.45, 7) is 8.66. The fourth-order valence-corrected chi connectivity index (χ4v) is 4.06. The smallest absolute Gasteiger partial charge is 0.122 e. The van der Waals surface area contributed by atoms with Crippen LogP contribution in [-0.2, 0) is 4.74 Å². The second-order valence-electron chi connectivity index (χ2n) is 7.42. The van der Waals surface area contributed by atoms with Crippen LogP contribution in [0.25, 0.3) is 0 Å². The number of benzene rings is 2. The van der Waals surface area contributed by atoms with E-state index < -0.39 is 0 Å². The summed E-state index contributed by atoms with van der Waals surface area (Å²) in [6, 6.07) is 8.03. The second kappa shape index (κ2) is 7.09. The molecule has 3 nitrogen and oxygen atoms in total. The molecule has 0 aliphatic carbocycles. The Balaban J connectivity index is 2.21. The van der Waals surface area contributed by atoms with Crippen LogP contribution >= 0.6 is 0 Å². The average molecular weight is 340 g/mol. The van der Waals surface area contributed by atoms with Gasteiger partial charge in [-0.1, -0.05) is 35.4 Å². The third-order valence-corrected chi connectivity index (χ3v) is 5.21. The zero-order valence-corrected chi connectivity index (χ0v) is 15.6. The van der Waals surface area contributed by atoms with E-state index in [1.54, 1.807) is 0 Å². The van der Waals surface area contributed by atoms with Gasteiger partial charge in [0.2, 0.25) is 0 Å². The van der Waals surface area contributed by atoms with Crippen molar-refractivity contribution in [2.24, 2.45) is 0 Å². The van der Waals surface area contributed by atoms with Crippen molar-refractivity contribution >= 4 is 0 Å². The van der Waals surface area contributed by atoms with Gasteiger partial charge in [0.15, 0.2) is 0 Å². The molecule has 1 fully saturated rings. The molecule has 0 aromatic heterocycles. The van der Waals surface area contributed by atoms with Gasteiger partial charge in [0.25, 0.3) is 0 Å². The highest BCUT2D eigenvalue weighted by Crippen LogP contribution is 2.44. The highest BCUT2D eigenvalue weighted by atomic mass is 16.5. The monoisotopic (exact) mass is 340 g/mol. The minimum atomic E-state index is -0.169. The largest absolute Gasteiger partial charge is 0.507 e. The van der Waals surface area contributed by atoms with Crippen LogP contribution in [0.4, 0.5) is 0 Å². The van der Waals surface area contributed by atoms with Crippen LogP contribution in [0.3, 0.4) is 0 Å². The summed E-state index contributed by atoms with van der Waals surface area (Å²) in [5, 5.41) is 21.6. The maximum atomic E-state index is 10.8. The number of phenolic OH excluding ortho intramolecular Hbond substituents is 2. The first kappa shape index (κ1) is 17.8. The molecule has 0 bridgehead atoms. The van der Waals surface area contributed by atoms with Crippen molar-refractivity contribution in [3.8, 4) is 11.5 Å². The zero-order valence-electron chi connectivity index (χ0n) is 15.6. The fourth-order valence-electron chi connectivity index (χ4n) is 4.06. The van der Waals surface area contributed by atoms with Gasteiger partial charge >= 0.3 is 0 Å². The molecule has 1 unspecified atom stereocenters. The Morgan fingerprint density at radius 1 is 0.840 bits per heavy atom. The van der Waals surface area contributed by atoms with E-state index >= 15 is 0 Å². The number of rotatable bonds is 3. The lowest BCUT2D eigenvalue weighted by atomic mass is 9.80. The Bertz CT molecular complexity index is 716. The van der Waals surface area contributed by atoms with Crippen molar-refractivity contribution in [1.29, 1.82) is 0 Å². The fraction of sp³-hybridized carbons (Fsp3) is 0.455. The Labute approximate surface area is 150 Å². The standard InChI is InChI=1S/C22H28O3/c1-13-9-15(3)21(23)17(11-13)20(19-7-5-6-8-25-19)18-12-14(2)10-16(4)22(18)24/h9-12,19-20,23-24H,5-8H2,1-4H3. The Morgan fingerprint density at radius 2 is 1.36 bits per heavy atom. The van der Waals surface area contributed by atoms with E-state index in [9.17, 15) is 10.2 Å². The summed E-state index contributed by atoms with van der Waals surface area (Å²) >= 11 is 0. The zero-order chi connectivity index (χ0) is 18.1. The van der Waals surface area contributed by atoms with Gasteiger partial charge in [-0.25, -0.2) is 0 Å². The number of ether oxygens (including phenoxy) is 1. The van der Waals surface area contributed by atoms with Crippen LogP contribution in [-0.4, -0.2) is 22.9 Å². The number of aromatic hydroxyl groups is 2. The van der Waals surface area contributed by atoms with E-state index in [0.717, 1.165) is 59.3 Å². The molecule has 1 saturated heterocycles. The van der Waals surface area contributed by atoms with Crippen LogP contribution in [0.2, 0.25) is 0 Å². The predicted molar refractivity (Wildman–Crippen MR) is 101 cm³/mol. The molecule has 25 heavy (non-hydrogen) atoms. The lowest BCUT2D eigenvalue weighted by Gasteiger charge is -2.33. The minimum absolute atomic E-state index is 0.0343. The van der Waals surface area contributed by atoms with Crippen LogP contribution < -0.4 is 0 Å². The summed E-state index contributed by atoms with van der Waals surface area (Å²) in [5.41, 5.74) is 5.64. The van der Waals surface area contributed by atoms with Crippen molar-refractivity contribution in [2.45, 2.75) is 59.0 Å². The first-order valence-electron chi connectivity index (χ1n) is 9.10. The van der Waals surface area contributed by atoms with Gasteiger partial charge in [-0.2, -0.15) is 0 Å². The molecule has 3 rings (SSSR count). The summed E-state index contributed by atoms with van der Waals surface area (Å²) < 4.78 is 6.10. The van der Waals surface area contributed by atoms with Crippen LogP contribution in [0.1, 0.15) is 58.6 Å². The molecule has 134 valence electrons. The molecule has 0 spiro atoms. The van der Waals surface area contributed by atoms with Gasteiger partial charge in [-0.3, -0.25) is 0 Å². The van der Waals surface area contributed by atoms with Gasteiger partial charge in [0.1, 0.15) is 11.5 Å². The van der Waals surface area contributed by atoms with Crippen molar-refractivity contribution in [1.82, 2.24) is 0 Å². The Morgan fingerprint density at radius 3 is 1.80 bits per heavy atom. The molecule has 2 aromatic carbocycles. The third kappa shape index (κ3) is 3.52. The quantitative estimate of drug-likeness (QED) is 0.823. The maximum Gasteiger partial charge on any atom is 0.122 e. The second-order valence-corrected chi connectivity index (χ2v) is 7.42. The highest BCUT2D eigenvalue weighted by molar-refractivity contribution is 5.54. The van der Waals surface area contributed by atoms with Crippen LogP contribution in [0.5, 0.6) is 11.5 Å². The molecule has 1 atom stereocenters. The van der Waals surface area contributed by atoms with E-state index in [1.165, 1.54) is 0 Å². The summed E-state index contributed by atoms with van der Waals surface area (Å²) in [5.74, 6) is 0.448. The van der Waals surface area contributed by atoms with E-state index in [0.29, 0.717) is 11.5 Å². The molecule has 2 N–H and O–H groups in total. The number of hydrogen-bond donors (Lipinski definition) is 2. The normalized spacial score (nSPS) is 17.9. The molecule has 1 aliphatic heterocycles. The van der Waals surface area contributed by atoms with Gasteiger partial charge in [0.05, 0.1) is 6.10 Å². The first-order valence-corrected chi connectivity index (χ1v) is 9.10. The number of phenols is 2. The maximum absolute atomic E-state index is 10.8. The summed E-state index contributed by atoms with van der Waals surface area (Å²) in [7, 11) is 0. The summed E-state index contributed by atoms with van der Waals surface area (Å²) in [6.07, 6.45) is 3.08. The predicted octanol–water partition coefficient (Wildman–Crippen LogP) is 5.03. The molecule has 2 aromatic rings. The lowest BCUT2D eigenvalue weighted by molar-refractivity contribution is 0.00561. The van der Waals surface area contributed by atoms with Gasteiger partial charge in [0, 0.05) is 23.7 Å². The molecule has 0 radical (unpaired) electrons. The molecule has 0 saturated carbocycles. The topological polar surface area (TPSA) is 49.7 Å². The van der Waals surface area contributed by atoms with Gasteiger partial charge < -0.3 is 14.9 Å². The lowest BCUT2D eigenvalue weighted by Crippen LogP contribution is -2.28. The number of aryl methyl sites for hydroxylation is 4. The highest BCUT2D eigenvalue weighted by Gasteiger charge is 2.32. The first-order chi connectivity index (χ1) is 11.9. The average Bonchev–Trinajstić information content (AvgIpc) is 2.57. The molecule has 3 heteroatoms. The number of hydrogen-bond acceptors (Lipinski definition) is 3. The summed E-state index contributed by atoms with van der Waals surface area (Å²) in [4.78, 5) is 0. The van der Waals surface area contributed by atoms with Crippen LogP contribution in [0.15, 0.2) is 24.3 Å². The molecular weight excluding hydrogens is 312 g/mol. The molecule has 1 aliphatic rings. The van der Waals surface area contributed by atoms with Crippen LogP contribution in [0, 0.1) is 27.7 Å². The minimum Gasteiger partial charge on any atom is -0.507 e. The Kier molecular flexibility index (Phi) is 5.05. The van der Waals surface area contributed by atoms with E-state index in [2.05, 4.69) is 0 Å². The van der Waals surface area contributed by atoms with E-state index in [4.69, 9.17) is 4.74 Å². The van der Waals surface area contributed by atoms with Gasteiger partial charge in [-0.15, -0.1) is 0 Å². The molecular formula is C22H28O3. The third-order valence-electron chi connectivity index (χ3n) is 5.21. The Hall–Kier alpha value is -2.00. The molecule has 1 heterocycles. The van der Waals surface area contributed by atoms with E-state index in [-0.39, 0.29) is 12.0 Å². The van der Waals surface area contributed by atoms with Gasteiger partial charge in [-0.05, 0) is 58.1 Å². The SMILES string of the molecule is Cc1cc(C)c(O)c(C(c2cc(C)cc(C)c2O)C2CCCCO2)c1. The molecule has 0 amide bonds. The van der Waals surface area contributed by atoms with Crippen molar-refractivity contribution in [2.75, 3.05) is 6.61 Å². The van der Waals surface area contributed by atoms with Crippen molar-refractivity contribution in [3.63, 3.8) is 0 Å². The van der Waals surface area contributed by atoms with E-state index in [1.807, 2.05) is 52.0 Å². The van der Waals surface area contributed by atoms with Crippen molar-refractivity contribution in [3.05, 3.63) is 57.6 Å².